The fourth-order valence-corrected chi connectivity index (χ4v) is 2.43. The standard InChI is InChI=1S/C10H18N2O/c13-9-10(5-2-1-3-6-10)12-8-4-7-11-9/h12H,1-8H2,(H,11,13). The van der Waals surface area contributed by atoms with Crippen LogP contribution in [-0.4, -0.2) is 24.5 Å². The van der Waals surface area contributed by atoms with Gasteiger partial charge in [0.1, 0.15) is 0 Å². The van der Waals surface area contributed by atoms with Crippen LogP contribution >= 0.6 is 0 Å². The van der Waals surface area contributed by atoms with Crippen LogP contribution in [0.2, 0.25) is 0 Å². The number of carbonyl (C=O) groups excluding carboxylic acids is 1. The molecule has 2 rings (SSSR count). The van der Waals surface area contributed by atoms with Gasteiger partial charge in [-0.05, 0) is 25.8 Å². The molecule has 13 heavy (non-hydrogen) atoms. The summed E-state index contributed by atoms with van der Waals surface area (Å²) >= 11 is 0. The summed E-state index contributed by atoms with van der Waals surface area (Å²) in [6.07, 6.45) is 6.79. The van der Waals surface area contributed by atoms with E-state index in [1.807, 2.05) is 0 Å². The van der Waals surface area contributed by atoms with Gasteiger partial charge in [-0.25, -0.2) is 0 Å². The van der Waals surface area contributed by atoms with Crippen LogP contribution in [-0.2, 0) is 4.79 Å². The number of nitrogens with one attached hydrogen (secondary N) is 2. The quantitative estimate of drug-likeness (QED) is 0.582. The van der Waals surface area contributed by atoms with E-state index in [4.69, 9.17) is 0 Å². The highest BCUT2D eigenvalue weighted by Crippen LogP contribution is 2.28. The Morgan fingerprint density at radius 2 is 1.77 bits per heavy atom. The average molecular weight is 182 g/mol. The normalized spacial score (nSPS) is 28.2. The molecule has 1 aliphatic carbocycles. The summed E-state index contributed by atoms with van der Waals surface area (Å²) in [5.41, 5.74) is -0.200. The van der Waals surface area contributed by atoms with E-state index in [2.05, 4.69) is 10.6 Å². The van der Waals surface area contributed by atoms with E-state index in [0.717, 1.165) is 32.4 Å². The molecule has 1 aliphatic heterocycles. The number of carbonyl (C=O) groups is 1. The molecule has 0 radical (unpaired) electrons. The summed E-state index contributed by atoms with van der Waals surface area (Å²) in [7, 11) is 0. The smallest absolute Gasteiger partial charge is 0.240 e. The average Bonchev–Trinajstić information content (AvgIpc) is 2.33. The zero-order valence-corrected chi connectivity index (χ0v) is 8.07. The van der Waals surface area contributed by atoms with Crippen molar-refractivity contribution in [2.45, 2.75) is 44.1 Å². The second-order valence-electron chi connectivity index (χ2n) is 4.18. The van der Waals surface area contributed by atoms with E-state index in [1.165, 1.54) is 19.3 Å². The molecular weight excluding hydrogens is 164 g/mol. The highest BCUT2D eigenvalue weighted by atomic mass is 16.2. The van der Waals surface area contributed by atoms with Crippen LogP contribution in [0.4, 0.5) is 0 Å². The number of amides is 1. The van der Waals surface area contributed by atoms with Crippen molar-refractivity contribution in [3.63, 3.8) is 0 Å². The molecule has 74 valence electrons. The van der Waals surface area contributed by atoms with Gasteiger partial charge in [0.05, 0.1) is 5.54 Å². The van der Waals surface area contributed by atoms with Crippen molar-refractivity contribution in [3.8, 4) is 0 Å². The first-order valence-corrected chi connectivity index (χ1v) is 5.37. The zero-order chi connectivity index (χ0) is 9.15. The minimum Gasteiger partial charge on any atom is -0.354 e. The molecule has 2 aliphatic rings. The van der Waals surface area contributed by atoms with E-state index >= 15 is 0 Å². The Bertz CT molecular complexity index is 197. The van der Waals surface area contributed by atoms with E-state index in [9.17, 15) is 4.79 Å². The highest BCUT2D eigenvalue weighted by molar-refractivity contribution is 5.86. The summed E-state index contributed by atoms with van der Waals surface area (Å²) < 4.78 is 0. The predicted molar refractivity (Wildman–Crippen MR) is 51.4 cm³/mol. The lowest BCUT2D eigenvalue weighted by Gasteiger charge is -2.35. The van der Waals surface area contributed by atoms with Crippen molar-refractivity contribution < 1.29 is 4.79 Å². The van der Waals surface area contributed by atoms with Crippen LogP contribution < -0.4 is 10.6 Å². The third-order valence-electron chi connectivity index (χ3n) is 3.24. The first-order chi connectivity index (χ1) is 6.33. The molecule has 1 amide bonds. The molecule has 0 aromatic carbocycles. The maximum atomic E-state index is 11.8. The molecule has 0 unspecified atom stereocenters. The van der Waals surface area contributed by atoms with Gasteiger partial charge in [-0.15, -0.1) is 0 Å². The molecule has 0 aromatic rings. The van der Waals surface area contributed by atoms with Gasteiger partial charge >= 0.3 is 0 Å². The summed E-state index contributed by atoms with van der Waals surface area (Å²) in [4.78, 5) is 11.8. The second-order valence-corrected chi connectivity index (χ2v) is 4.18. The molecule has 2 fully saturated rings. The lowest BCUT2D eigenvalue weighted by molar-refractivity contribution is -0.128. The maximum Gasteiger partial charge on any atom is 0.240 e. The topological polar surface area (TPSA) is 41.1 Å². The molecule has 0 aromatic heterocycles. The first kappa shape index (κ1) is 9.00. The van der Waals surface area contributed by atoms with E-state index in [1.54, 1.807) is 0 Å². The molecular formula is C10H18N2O. The van der Waals surface area contributed by atoms with E-state index in [0.29, 0.717) is 0 Å². The van der Waals surface area contributed by atoms with Crippen LogP contribution in [0.5, 0.6) is 0 Å². The van der Waals surface area contributed by atoms with Crippen molar-refractivity contribution in [1.29, 1.82) is 0 Å². The lowest BCUT2D eigenvalue weighted by Crippen LogP contribution is -2.56. The SMILES string of the molecule is O=C1NCCCNC12CCCCC2. The summed E-state index contributed by atoms with van der Waals surface area (Å²) in [6, 6.07) is 0. The highest BCUT2D eigenvalue weighted by Gasteiger charge is 2.39. The molecule has 1 saturated carbocycles. The van der Waals surface area contributed by atoms with Gasteiger partial charge in [0.15, 0.2) is 0 Å². The first-order valence-electron chi connectivity index (χ1n) is 5.37. The van der Waals surface area contributed by atoms with Crippen LogP contribution in [0, 0.1) is 0 Å². The molecule has 0 bridgehead atoms. The van der Waals surface area contributed by atoms with Gasteiger partial charge in [-0.2, -0.15) is 0 Å². The van der Waals surface area contributed by atoms with Crippen molar-refractivity contribution in [1.82, 2.24) is 10.6 Å². The van der Waals surface area contributed by atoms with Gasteiger partial charge in [-0.3, -0.25) is 4.79 Å². The minimum atomic E-state index is -0.200. The fourth-order valence-electron chi connectivity index (χ4n) is 2.43. The van der Waals surface area contributed by atoms with Crippen molar-refractivity contribution >= 4 is 5.91 Å². The van der Waals surface area contributed by atoms with Crippen LogP contribution in [0.1, 0.15) is 38.5 Å². The molecule has 3 nitrogen and oxygen atoms in total. The number of hydrogen-bond donors (Lipinski definition) is 2. The van der Waals surface area contributed by atoms with Crippen molar-refractivity contribution in [3.05, 3.63) is 0 Å². The van der Waals surface area contributed by atoms with Crippen molar-refractivity contribution in [2.75, 3.05) is 13.1 Å². The Labute approximate surface area is 79.3 Å². The van der Waals surface area contributed by atoms with Gasteiger partial charge < -0.3 is 10.6 Å². The zero-order valence-electron chi connectivity index (χ0n) is 8.07. The molecule has 1 heterocycles. The minimum absolute atomic E-state index is 0.200. The van der Waals surface area contributed by atoms with E-state index in [-0.39, 0.29) is 11.4 Å². The Kier molecular flexibility index (Phi) is 2.54. The van der Waals surface area contributed by atoms with Crippen LogP contribution in [0.25, 0.3) is 0 Å². The Morgan fingerprint density at radius 3 is 2.54 bits per heavy atom. The monoisotopic (exact) mass is 182 g/mol. The molecule has 2 N–H and O–H groups in total. The Hall–Kier alpha value is -0.570. The number of hydrogen-bond acceptors (Lipinski definition) is 2. The molecule has 1 spiro atoms. The fraction of sp³-hybridized carbons (Fsp3) is 0.900. The lowest BCUT2D eigenvalue weighted by atomic mass is 9.81. The Morgan fingerprint density at radius 1 is 1.00 bits per heavy atom. The molecule has 1 saturated heterocycles. The van der Waals surface area contributed by atoms with Crippen LogP contribution in [0.15, 0.2) is 0 Å². The van der Waals surface area contributed by atoms with Crippen molar-refractivity contribution in [2.24, 2.45) is 0 Å². The molecule has 0 atom stereocenters. The van der Waals surface area contributed by atoms with Gasteiger partial charge in [0, 0.05) is 6.54 Å². The molecule has 3 heteroatoms. The van der Waals surface area contributed by atoms with Gasteiger partial charge in [-0.1, -0.05) is 19.3 Å². The Balaban J connectivity index is 2.10. The predicted octanol–water partition coefficient (Wildman–Crippen LogP) is 0.799. The summed E-state index contributed by atoms with van der Waals surface area (Å²) in [6.45, 7) is 1.83. The second kappa shape index (κ2) is 3.66. The van der Waals surface area contributed by atoms with Crippen LogP contribution in [0.3, 0.4) is 0 Å². The third-order valence-corrected chi connectivity index (χ3v) is 3.24. The summed E-state index contributed by atoms with van der Waals surface area (Å²) in [5, 5.41) is 6.44. The van der Waals surface area contributed by atoms with Gasteiger partial charge in [0.2, 0.25) is 5.91 Å². The summed E-state index contributed by atoms with van der Waals surface area (Å²) in [5.74, 6) is 0.240. The van der Waals surface area contributed by atoms with Gasteiger partial charge in [0.25, 0.3) is 0 Å². The maximum absolute atomic E-state index is 11.8. The third kappa shape index (κ3) is 1.70. The van der Waals surface area contributed by atoms with E-state index < -0.39 is 0 Å². The number of rotatable bonds is 0. The largest absolute Gasteiger partial charge is 0.354 e.